The molecule has 1 heterocycles. The number of rotatable bonds is 2. The van der Waals surface area contributed by atoms with Gasteiger partial charge in [0.05, 0.1) is 16.3 Å². The zero-order valence-corrected chi connectivity index (χ0v) is 9.63. The van der Waals surface area contributed by atoms with E-state index in [4.69, 9.17) is 17.3 Å². The molecule has 1 saturated carbocycles. The SMILES string of the molecule is Nc1cc(-c2n[nH]c(C3CC3)n2)c(F)cc1Cl. The van der Waals surface area contributed by atoms with E-state index in [0.29, 0.717) is 17.4 Å². The lowest BCUT2D eigenvalue weighted by atomic mass is 10.2. The fraction of sp³-hybridized carbons (Fsp3) is 0.273. The first-order valence-corrected chi connectivity index (χ1v) is 5.70. The lowest BCUT2D eigenvalue weighted by molar-refractivity contribution is 0.630. The predicted molar refractivity (Wildman–Crippen MR) is 63.2 cm³/mol. The Morgan fingerprint density at radius 2 is 2.18 bits per heavy atom. The number of nitrogen functional groups attached to an aromatic ring is 1. The molecule has 0 aliphatic heterocycles. The molecule has 1 fully saturated rings. The number of H-pyrrole nitrogens is 1. The Kier molecular flexibility index (Phi) is 2.29. The quantitative estimate of drug-likeness (QED) is 0.808. The van der Waals surface area contributed by atoms with E-state index in [-0.39, 0.29) is 10.6 Å². The van der Waals surface area contributed by atoms with Crippen LogP contribution in [0.4, 0.5) is 10.1 Å². The number of anilines is 1. The second-order valence-corrected chi connectivity index (χ2v) is 4.58. The first-order chi connectivity index (χ1) is 8.15. The Hall–Kier alpha value is -1.62. The summed E-state index contributed by atoms with van der Waals surface area (Å²) >= 11 is 5.73. The number of aromatic nitrogens is 3. The Morgan fingerprint density at radius 3 is 2.88 bits per heavy atom. The summed E-state index contributed by atoms with van der Waals surface area (Å²) in [5.74, 6) is 1.12. The van der Waals surface area contributed by atoms with Gasteiger partial charge in [-0.05, 0) is 25.0 Å². The van der Waals surface area contributed by atoms with Crippen molar-refractivity contribution in [3.63, 3.8) is 0 Å². The van der Waals surface area contributed by atoms with Crippen molar-refractivity contribution in [2.75, 3.05) is 5.73 Å². The summed E-state index contributed by atoms with van der Waals surface area (Å²) in [6.07, 6.45) is 2.22. The van der Waals surface area contributed by atoms with Crippen molar-refractivity contribution < 1.29 is 4.39 Å². The number of aromatic amines is 1. The summed E-state index contributed by atoms with van der Waals surface area (Å²) in [5, 5.41) is 7.03. The van der Waals surface area contributed by atoms with Crippen molar-refractivity contribution in [1.29, 1.82) is 0 Å². The highest BCUT2D eigenvalue weighted by Crippen LogP contribution is 2.38. The van der Waals surface area contributed by atoms with Gasteiger partial charge in [-0.2, -0.15) is 5.10 Å². The van der Waals surface area contributed by atoms with E-state index in [0.717, 1.165) is 18.7 Å². The van der Waals surface area contributed by atoms with Gasteiger partial charge in [0, 0.05) is 5.92 Å². The molecule has 1 aliphatic rings. The van der Waals surface area contributed by atoms with Crippen molar-refractivity contribution >= 4 is 17.3 Å². The van der Waals surface area contributed by atoms with Crippen molar-refractivity contribution in [3.05, 3.63) is 28.8 Å². The fourth-order valence-electron chi connectivity index (χ4n) is 1.67. The molecule has 88 valence electrons. The third kappa shape index (κ3) is 1.86. The van der Waals surface area contributed by atoms with Gasteiger partial charge >= 0.3 is 0 Å². The van der Waals surface area contributed by atoms with Crippen LogP contribution in [0.15, 0.2) is 12.1 Å². The highest BCUT2D eigenvalue weighted by molar-refractivity contribution is 6.33. The molecular weight excluding hydrogens is 243 g/mol. The normalized spacial score (nSPS) is 15.2. The lowest BCUT2D eigenvalue weighted by Crippen LogP contribution is -1.93. The minimum absolute atomic E-state index is 0.198. The Balaban J connectivity index is 2.04. The summed E-state index contributed by atoms with van der Waals surface area (Å²) < 4.78 is 13.7. The van der Waals surface area contributed by atoms with E-state index in [9.17, 15) is 4.39 Å². The first kappa shape index (κ1) is 10.5. The zero-order valence-electron chi connectivity index (χ0n) is 8.87. The molecule has 1 aliphatic carbocycles. The number of nitrogens with zero attached hydrogens (tertiary/aromatic N) is 2. The van der Waals surface area contributed by atoms with Gasteiger partial charge in [-0.3, -0.25) is 5.10 Å². The van der Waals surface area contributed by atoms with Crippen LogP contribution in [0, 0.1) is 5.82 Å². The highest BCUT2D eigenvalue weighted by Gasteiger charge is 2.27. The van der Waals surface area contributed by atoms with Crippen LogP contribution in [0.5, 0.6) is 0 Å². The van der Waals surface area contributed by atoms with Crippen molar-refractivity contribution in [2.24, 2.45) is 0 Å². The number of benzene rings is 1. The van der Waals surface area contributed by atoms with E-state index in [1.807, 2.05) is 0 Å². The average molecular weight is 253 g/mol. The van der Waals surface area contributed by atoms with Crippen LogP contribution in [-0.4, -0.2) is 15.2 Å². The van der Waals surface area contributed by atoms with Crippen molar-refractivity contribution in [2.45, 2.75) is 18.8 Å². The topological polar surface area (TPSA) is 67.6 Å². The van der Waals surface area contributed by atoms with Crippen molar-refractivity contribution in [3.8, 4) is 11.4 Å². The maximum Gasteiger partial charge on any atom is 0.184 e. The van der Waals surface area contributed by atoms with Crippen LogP contribution < -0.4 is 5.73 Å². The minimum atomic E-state index is -0.467. The zero-order chi connectivity index (χ0) is 12.0. The number of nitrogens with two attached hydrogens (primary N) is 1. The van der Waals surface area contributed by atoms with Crippen LogP contribution in [0.1, 0.15) is 24.6 Å². The first-order valence-electron chi connectivity index (χ1n) is 5.32. The number of halogens is 2. The molecule has 0 spiro atoms. The number of hydrogen-bond donors (Lipinski definition) is 2. The van der Waals surface area contributed by atoms with Crippen LogP contribution in [0.3, 0.4) is 0 Å². The van der Waals surface area contributed by atoms with E-state index < -0.39 is 5.82 Å². The molecule has 0 amide bonds. The Morgan fingerprint density at radius 1 is 1.41 bits per heavy atom. The monoisotopic (exact) mass is 252 g/mol. The Labute approximate surface area is 102 Å². The van der Waals surface area contributed by atoms with E-state index >= 15 is 0 Å². The third-order valence-electron chi connectivity index (χ3n) is 2.79. The molecule has 4 nitrogen and oxygen atoms in total. The number of nitrogens with one attached hydrogen (secondary N) is 1. The maximum absolute atomic E-state index is 13.7. The van der Waals surface area contributed by atoms with Gasteiger partial charge in [0.15, 0.2) is 5.82 Å². The van der Waals surface area contributed by atoms with Crippen LogP contribution in [0.25, 0.3) is 11.4 Å². The molecule has 0 atom stereocenters. The molecule has 1 aromatic carbocycles. The molecule has 3 rings (SSSR count). The molecular formula is C11H10ClFN4. The third-order valence-corrected chi connectivity index (χ3v) is 3.12. The number of hydrogen-bond acceptors (Lipinski definition) is 3. The molecule has 0 bridgehead atoms. The molecule has 0 unspecified atom stereocenters. The largest absolute Gasteiger partial charge is 0.398 e. The summed E-state index contributed by atoms with van der Waals surface area (Å²) in [5.41, 5.74) is 6.23. The maximum atomic E-state index is 13.7. The predicted octanol–water partition coefficient (Wildman–Crippen LogP) is 2.72. The standard InChI is InChI=1S/C11H10ClFN4/c12-7-4-8(13)6(3-9(7)14)11-15-10(16-17-11)5-1-2-5/h3-5H,1-2,14H2,(H,15,16,17). The smallest absolute Gasteiger partial charge is 0.184 e. The van der Waals surface area contributed by atoms with E-state index in [1.54, 1.807) is 0 Å². The summed E-state index contributed by atoms with van der Waals surface area (Å²) in [6, 6.07) is 2.64. The van der Waals surface area contributed by atoms with Crippen LogP contribution in [-0.2, 0) is 0 Å². The summed E-state index contributed by atoms with van der Waals surface area (Å²) in [7, 11) is 0. The molecule has 1 aromatic heterocycles. The molecule has 2 aromatic rings. The Bertz CT molecular complexity index is 577. The molecule has 0 saturated heterocycles. The highest BCUT2D eigenvalue weighted by atomic mass is 35.5. The summed E-state index contributed by atoms with van der Waals surface area (Å²) in [6.45, 7) is 0. The molecule has 3 N–H and O–H groups in total. The average Bonchev–Trinajstić information content (AvgIpc) is 3.03. The van der Waals surface area contributed by atoms with Gasteiger partial charge < -0.3 is 5.73 Å². The van der Waals surface area contributed by atoms with E-state index in [2.05, 4.69) is 15.2 Å². The second-order valence-electron chi connectivity index (χ2n) is 4.17. The fourth-order valence-corrected chi connectivity index (χ4v) is 1.82. The molecule has 0 radical (unpaired) electrons. The molecule has 6 heteroatoms. The molecule has 17 heavy (non-hydrogen) atoms. The van der Waals surface area contributed by atoms with Crippen LogP contribution in [0.2, 0.25) is 5.02 Å². The van der Waals surface area contributed by atoms with Gasteiger partial charge in [-0.15, -0.1) is 0 Å². The van der Waals surface area contributed by atoms with Gasteiger partial charge in [0.2, 0.25) is 0 Å². The van der Waals surface area contributed by atoms with Gasteiger partial charge in [0.1, 0.15) is 11.6 Å². The summed E-state index contributed by atoms with van der Waals surface area (Å²) in [4.78, 5) is 4.27. The van der Waals surface area contributed by atoms with Crippen molar-refractivity contribution in [1.82, 2.24) is 15.2 Å². The van der Waals surface area contributed by atoms with Crippen LogP contribution >= 0.6 is 11.6 Å². The van der Waals surface area contributed by atoms with Gasteiger partial charge in [-0.1, -0.05) is 11.6 Å². The second kappa shape index (κ2) is 3.70. The van der Waals surface area contributed by atoms with Gasteiger partial charge in [-0.25, -0.2) is 9.37 Å². The lowest BCUT2D eigenvalue weighted by Gasteiger charge is -2.02. The van der Waals surface area contributed by atoms with E-state index in [1.165, 1.54) is 12.1 Å². The van der Waals surface area contributed by atoms with Gasteiger partial charge in [0.25, 0.3) is 0 Å². The minimum Gasteiger partial charge on any atom is -0.398 e.